The van der Waals surface area contributed by atoms with Crippen LogP contribution < -0.4 is 5.32 Å². The van der Waals surface area contributed by atoms with E-state index in [0.717, 1.165) is 42.6 Å². The first-order valence-electron chi connectivity index (χ1n) is 8.01. The van der Waals surface area contributed by atoms with E-state index < -0.39 is 0 Å². The molecule has 0 aliphatic rings. The van der Waals surface area contributed by atoms with Crippen LogP contribution in [0, 0.1) is 12.3 Å². The summed E-state index contributed by atoms with van der Waals surface area (Å²) in [5.41, 5.74) is 0.952. The number of rotatable bonds is 8. The number of guanidine groups is 1. The van der Waals surface area contributed by atoms with E-state index in [1.807, 2.05) is 14.0 Å². The predicted octanol–water partition coefficient (Wildman–Crippen LogP) is 2.65. The summed E-state index contributed by atoms with van der Waals surface area (Å²) in [5, 5.41) is 16.2. The summed E-state index contributed by atoms with van der Waals surface area (Å²) in [6.45, 7) is 10.7. The Bertz CT molecular complexity index is 460. The van der Waals surface area contributed by atoms with E-state index in [1.165, 1.54) is 0 Å². The van der Waals surface area contributed by atoms with Crippen LogP contribution in [0.1, 0.15) is 44.3 Å². The summed E-state index contributed by atoms with van der Waals surface area (Å²) in [6, 6.07) is 0. The molecule has 1 rings (SSSR count). The Balaban J connectivity index is 2.79. The lowest BCUT2D eigenvalue weighted by Gasteiger charge is -2.29. The van der Waals surface area contributed by atoms with E-state index in [2.05, 4.69) is 41.4 Å². The average Bonchev–Trinajstić information content (AvgIpc) is 2.93. The lowest BCUT2D eigenvalue weighted by Crippen LogP contribution is -2.40. The van der Waals surface area contributed by atoms with Crippen molar-refractivity contribution in [3.05, 3.63) is 16.1 Å². The minimum absolute atomic E-state index is 0.112. The fourth-order valence-electron chi connectivity index (χ4n) is 2.26. The number of aromatic nitrogens is 1. The van der Waals surface area contributed by atoms with Crippen LogP contribution >= 0.6 is 11.3 Å². The second kappa shape index (κ2) is 9.10. The molecule has 0 atom stereocenters. The topological polar surface area (TPSA) is 60.8 Å². The highest BCUT2D eigenvalue weighted by Crippen LogP contribution is 2.26. The molecule has 126 valence electrons. The van der Waals surface area contributed by atoms with Crippen LogP contribution in [-0.4, -0.2) is 47.7 Å². The molecule has 6 heteroatoms. The summed E-state index contributed by atoms with van der Waals surface area (Å²) >= 11 is 1.67. The molecular formula is C16H30N4OS. The molecule has 0 fully saturated rings. The van der Waals surface area contributed by atoms with Crippen LogP contribution in [0.3, 0.4) is 0 Å². The van der Waals surface area contributed by atoms with Gasteiger partial charge < -0.3 is 15.3 Å². The summed E-state index contributed by atoms with van der Waals surface area (Å²) in [7, 11) is 2.02. The Morgan fingerprint density at radius 3 is 2.55 bits per heavy atom. The van der Waals surface area contributed by atoms with Crippen molar-refractivity contribution in [2.75, 3.05) is 26.7 Å². The van der Waals surface area contributed by atoms with Gasteiger partial charge in [0.1, 0.15) is 0 Å². The first-order chi connectivity index (χ1) is 10.5. The number of hydrogen-bond donors (Lipinski definition) is 2. The van der Waals surface area contributed by atoms with Gasteiger partial charge in [-0.1, -0.05) is 13.8 Å². The molecule has 0 aliphatic carbocycles. The highest BCUT2D eigenvalue weighted by Gasteiger charge is 2.25. The summed E-state index contributed by atoms with van der Waals surface area (Å²) in [5.74, 6) is 0.868. The van der Waals surface area contributed by atoms with Gasteiger partial charge in [-0.25, -0.2) is 4.98 Å². The maximum Gasteiger partial charge on any atom is 0.194 e. The van der Waals surface area contributed by atoms with Crippen molar-refractivity contribution < 1.29 is 5.11 Å². The summed E-state index contributed by atoms with van der Waals surface area (Å²) < 4.78 is 0. The Morgan fingerprint density at radius 2 is 2.09 bits per heavy atom. The Labute approximate surface area is 138 Å². The van der Waals surface area contributed by atoms with Gasteiger partial charge in [-0.05, 0) is 26.7 Å². The fraction of sp³-hybridized carbons (Fsp3) is 0.750. The molecule has 0 aromatic carbocycles. The third-order valence-electron chi connectivity index (χ3n) is 4.16. The molecule has 0 amide bonds. The van der Waals surface area contributed by atoms with Gasteiger partial charge in [-0.15, -0.1) is 11.3 Å². The lowest BCUT2D eigenvalue weighted by molar-refractivity contribution is 0.123. The van der Waals surface area contributed by atoms with Crippen molar-refractivity contribution in [2.24, 2.45) is 10.4 Å². The van der Waals surface area contributed by atoms with Crippen LogP contribution in [0.25, 0.3) is 0 Å². The second-order valence-electron chi connectivity index (χ2n) is 5.75. The predicted molar refractivity (Wildman–Crippen MR) is 94.4 cm³/mol. The normalized spacial score (nSPS) is 12.5. The lowest BCUT2D eigenvalue weighted by atomic mass is 9.83. The number of nitrogens with zero attached hydrogens (tertiary/aromatic N) is 3. The van der Waals surface area contributed by atoms with E-state index in [4.69, 9.17) is 4.99 Å². The highest BCUT2D eigenvalue weighted by atomic mass is 32.1. The molecule has 1 aromatic heterocycles. The minimum Gasteiger partial charge on any atom is -0.396 e. The fourth-order valence-corrected chi connectivity index (χ4v) is 2.86. The summed E-state index contributed by atoms with van der Waals surface area (Å²) in [6.07, 6.45) is 1.86. The van der Waals surface area contributed by atoms with Crippen LogP contribution in [0.4, 0.5) is 0 Å². The molecular weight excluding hydrogens is 296 g/mol. The quantitative estimate of drug-likeness (QED) is 0.569. The third kappa shape index (κ3) is 5.25. The van der Waals surface area contributed by atoms with Crippen molar-refractivity contribution in [3.8, 4) is 0 Å². The molecule has 1 aromatic rings. The molecule has 0 bridgehead atoms. The number of aliphatic hydroxyl groups is 1. The highest BCUT2D eigenvalue weighted by molar-refractivity contribution is 7.09. The molecule has 0 saturated heterocycles. The Morgan fingerprint density at radius 1 is 1.41 bits per heavy atom. The SMILES string of the molecule is CCNC(=NCC(CC)(CC)CO)N(C)Cc1csc(C)n1. The van der Waals surface area contributed by atoms with Crippen molar-refractivity contribution in [2.45, 2.75) is 47.1 Å². The van der Waals surface area contributed by atoms with Gasteiger partial charge in [-0.2, -0.15) is 0 Å². The maximum absolute atomic E-state index is 9.68. The van der Waals surface area contributed by atoms with Gasteiger partial charge in [0.2, 0.25) is 0 Å². The molecule has 0 saturated carbocycles. The number of thiazole rings is 1. The average molecular weight is 327 g/mol. The van der Waals surface area contributed by atoms with Crippen LogP contribution in [-0.2, 0) is 6.54 Å². The molecule has 2 N–H and O–H groups in total. The number of nitrogens with one attached hydrogen (secondary N) is 1. The third-order valence-corrected chi connectivity index (χ3v) is 4.98. The second-order valence-corrected chi connectivity index (χ2v) is 6.81. The molecule has 1 heterocycles. The van der Waals surface area contributed by atoms with Crippen LogP contribution in [0.2, 0.25) is 0 Å². The standard InChI is InChI=1S/C16H30N4OS/c1-6-16(7-2,12-21)11-18-15(17-8-3)20(5)9-14-10-22-13(4)19-14/h10,21H,6-9,11-12H2,1-5H3,(H,17,18). The first-order valence-corrected chi connectivity index (χ1v) is 8.89. The molecule has 5 nitrogen and oxygen atoms in total. The van der Waals surface area contributed by atoms with Crippen molar-refractivity contribution in [1.82, 2.24) is 15.2 Å². The van der Waals surface area contributed by atoms with Crippen molar-refractivity contribution in [1.29, 1.82) is 0 Å². The molecule has 22 heavy (non-hydrogen) atoms. The van der Waals surface area contributed by atoms with Crippen molar-refractivity contribution in [3.63, 3.8) is 0 Å². The smallest absolute Gasteiger partial charge is 0.194 e. The van der Waals surface area contributed by atoms with Gasteiger partial charge in [0, 0.05) is 24.4 Å². The minimum atomic E-state index is -0.112. The monoisotopic (exact) mass is 326 g/mol. The molecule has 0 spiro atoms. The van der Waals surface area contributed by atoms with E-state index in [0.29, 0.717) is 6.54 Å². The zero-order valence-corrected chi connectivity index (χ0v) is 15.3. The molecule has 0 radical (unpaired) electrons. The molecule has 0 unspecified atom stereocenters. The summed E-state index contributed by atoms with van der Waals surface area (Å²) in [4.78, 5) is 11.3. The number of aliphatic imine (C=N–C) groups is 1. The van der Waals surface area contributed by atoms with Gasteiger partial charge in [0.05, 0.1) is 30.4 Å². The van der Waals surface area contributed by atoms with Crippen molar-refractivity contribution >= 4 is 17.3 Å². The van der Waals surface area contributed by atoms with Gasteiger partial charge >= 0.3 is 0 Å². The first kappa shape index (κ1) is 18.9. The number of aryl methyl sites for hydroxylation is 1. The number of hydrogen-bond acceptors (Lipinski definition) is 4. The Hall–Kier alpha value is -1.14. The van der Waals surface area contributed by atoms with E-state index >= 15 is 0 Å². The van der Waals surface area contributed by atoms with Crippen LogP contribution in [0.15, 0.2) is 10.4 Å². The zero-order valence-electron chi connectivity index (χ0n) is 14.5. The molecule has 0 aliphatic heterocycles. The number of aliphatic hydroxyl groups excluding tert-OH is 1. The van der Waals surface area contributed by atoms with Gasteiger partial charge in [0.25, 0.3) is 0 Å². The zero-order chi connectivity index (χ0) is 16.6. The largest absolute Gasteiger partial charge is 0.396 e. The van der Waals surface area contributed by atoms with E-state index in [-0.39, 0.29) is 12.0 Å². The van der Waals surface area contributed by atoms with Gasteiger partial charge in [0.15, 0.2) is 5.96 Å². The van der Waals surface area contributed by atoms with E-state index in [9.17, 15) is 5.11 Å². The Kier molecular flexibility index (Phi) is 7.82. The maximum atomic E-state index is 9.68. The van der Waals surface area contributed by atoms with E-state index in [1.54, 1.807) is 11.3 Å². The van der Waals surface area contributed by atoms with Gasteiger partial charge in [-0.3, -0.25) is 4.99 Å². The van der Waals surface area contributed by atoms with Crippen LogP contribution in [0.5, 0.6) is 0 Å².